The van der Waals surface area contributed by atoms with Crippen LogP contribution < -0.4 is 0 Å². The van der Waals surface area contributed by atoms with Crippen molar-refractivity contribution < 1.29 is 4.39 Å². The van der Waals surface area contributed by atoms with Crippen LogP contribution in [0, 0.1) is 5.82 Å². The van der Waals surface area contributed by atoms with Crippen LogP contribution in [0.1, 0.15) is 39.1 Å². The summed E-state index contributed by atoms with van der Waals surface area (Å²) in [4.78, 5) is 4.29. The molecule has 1 aromatic rings. The lowest BCUT2D eigenvalue weighted by molar-refractivity contribution is 0.547. The minimum atomic E-state index is -0.199. The minimum absolute atomic E-state index is 0.00236. The minimum Gasteiger partial charge on any atom is -0.254 e. The van der Waals surface area contributed by atoms with Crippen LogP contribution in [0.15, 0.2) is 12.1 Å². The Hall–Kier alpha value is -0.920. The Morgan fingerprint density at radius 1 is 1.31 bits per heavy atom. The van der Waals surface area contributed by atoms with Gasteiger partial charge >= 0.3 is 0 Å². The average Bonchev–Trinajstić information content (AvgIpc) is 2.03. The number of hydrogen-bond acceptors (Lipinski definition) is 1. The van der Waals surface area contributed by atoms with E-state index < -0.39 is 0 Å². The Morgan fingerprint density at radius 3 is 2.38 bits per heavy atom. The summed E-state index contributed by atoms with van der Waals surface area (Å²) in [6, 6.07) is 3.26. The number of aryl methyl sites for hydroxylation is 1. The fourth-order valence-corrected chi connectivity index (χ4v) is 1.15. The van der Waals surface area contributed by atoms with Crippen LogP contribution in [0.4, 0.5) is 4.39 Å². The van der Waals surface area contributed by atoms with Crippen molar-refractivity contribution in [2.75, 3.05) is 0 Å². The molecule has 0 unspecified atom stereocenters. The Balaban J connectivity index is 3.14. The Kier molecular flexibility index (Phi) is 2.69. The van der Waals surface area contributed by atoms with E-state index in [9.17, 15) is 4.39 Å². The maximum Gasteiger partial charge on any atom is 0.144 e. The quantitative estimate of drug-likeness (QED) is 0.648. The standard InChI is InChI=1S/C11H16FN/c1-5-9-8(12)6-7-10(13-9)11(2,3)4/h6-7H,5H2,1-4H3. The van der Waals surface area contributed by atoms with E-state index in [0.29, 0.717) is 12.1 Å². The first kappa shape index (κ1) is 10.2. The molecule has 1 nitrogen and oxygen atoms in total. The third-order valence-corrected chi connectivity index (χ3v) is 2.02. The van der Waals surface area contributed by atoms with E-state index in [4.69, 9.17) is 0 Å². The Bertz CT molecular complexity index is 299. The van der Waals surface area contributed by atoms with Crippen LogP contribution in [0.3, 0.4) is 0 Å². The van der Waals surface area contributed by atoms with Crippen molar-refractivity contribution in [2.45, 2.75) is 39.5 Å². The summed E-state index contributed by atoms with van der Waals surface area (Å²) in [7, 11) is 0. The summed E-state index contributed by atoms with van der Waals surface area (Å²) in [6.07, 6.45) is 0.649. The van der Waals surface area contributed by atoms with E-state index in [2.05, 4.69) is 25.8 Å². The van der Waals surface area contributed by atoms with Gasteiger partial charge in [0.2, 0.25) is 0 Å². The van der Waals surface area contributed by atoms with Crippen molar-refractivity contribution in [2.24, 2.45) is 0 Å². The normalized spacial score (nSPS) is 11.8. The van der Waals surface area contributed by atoms with Gasteiger partial charge in [-0.1, -0.05) is 27.7 Å². The largest absolute Gasteiger partial charge is 0.254 e. The van der Waals surface area contributed by atoms with Crippen molar-refractivity contribution in [3.63, 3.8) is 0 Å². The van der Waals surface area contributed by atoms with Gasteiger partial charge < -0.3 is 0 Å². The van der Waals surface area contributed by atoms with Crippen LogP contribution in [-0.4, -0.2) is 4.98 Å². The van der Waals surface area contributed by atoms with Gasteiger partial charge in [0.1, 0.15) is 5.82 Å². The zero-order valence-electron chi connectivity index (χ0n) is 8.69. The molecule has 0 amide bonds. The highest BCUT2D eigenvalue weighted by Crippen LogP contribution is 2.21. The maximum atomic E-state index is 13.1. The zero-order valence-corrected chi connectivity index (χ0v) is 8.69. The van der Waals surface area contributed by atoms with Crippen molar-refractivity contribution in [3.8, 4) is 0 Å². The van der Waals surface area contributed by atoms with Crippen LogP contribution >= 0.6 is 0 Å². The topological polar surface area (TPSA) is 12.9 Å². The van der Waals surface area contributed by atoms with Gasteiger partial charge in [0.05, 0.1) is 5.69 Å². The highest BCUT2D eigenvalue weighted by Gasteiger charge is 2.16. The predicted molar refractivity (Wildman–Crippen MR) is 52.3 cm³/mol. The first-order chi connectivity index (χ1) is 5.95. The van der Waals surface area contributed by atoms with Crippen molar-refractivity contribution in [1.29, 1.82) is 0 Å². The average molecular weight is 181 g/mol. The first-order valence-corrected chi connectivity index (χ1v) is 4.61. The first-order valence-electron chi connectivity index (χ1n) is 4.61. The van der Waals surface area contributed by atoms with E-state index in [-0.39, 0.29) is 11.2 Å². The molecule has 0 spiro atoms. The summed E-state index contributed by atoms with van der Waals surface area (Å²) < 4.78 is 13.1. The summed E-state index contributed by atoms with van der Waals surface area (Å²) >= 11 is 0. The zero-order chi connectivity index (χ0) is 10.1. The fraction of sp³-hybridized carbons (Fsp3) is 0.545. The third kappa shape index (κ3) is 2.27. The molecule has 0 fully saturated rings. The number of rotatable bonds is 1. The number of pyridine rings is 1. The van der Waals surface area contributed by atoms with Gasteiger partial charge in [-0.15, -0.1) is 0 Å². The molecule has 0 aliphatic carbocycles. The monoisotopic (exact) mass is 181 g/mol. The second kappa shape index (κ2) is 3.44. The molecule has 72 valence electrons. The van der Waals surface area contributed by atoms with Gasteiger partial charge in [-0.3, -0.25) is 4.98 Å². The summed E-state index contributed by atoms with van der Waals surface area (Å²) in [5, 5.41) is 0. The molecule has 13 heavy (non-hydrogen) atoms. The molecule has 0 saturated heterocycles. The second-order valence-corrected chi connectivity index (χ2v) is 4.23. The molecule has 1 rings (SSSR count). The predicted octanol–water partition coefficient (Wildman–Crippen LogP) is 3.08. The maximum absolute atomic E-state index is 13.1. The lowest BCUT2D eigenvalue weighted by Crippen LogP contribution is -2.14. The Labute approximate surface area is 79.0 Å². The van der Waals surface area contributed by atoms with Crippen molar-refractivity contribution in [3.05, 3.63) is 29.3 Å². The molecule has 0 aromatic carbocycles. The van der Waals surface area contributed by atoms with Crippen LogP contribution in [-0.2, 0) is 11.8 Å². The fourth-order valence-electron chi connectivity index (χ4n) is 1.15. The van der Waals surface area contributed by atoms with E-state index in [1.54, 1.807) is 6.07 Å². The molecule has 0 radical (unpaired) electrons. The number of halogens is 1. The molecule has 0 saturated carbocycles. The summed E-state index contributed by atoms with van der Waals surface area (Å²) in [5.41, 5.74) is 1.51. The molecule has 0 aliphatic heterocycles. The number of nitrogens with zero attached hydrogens (tertiary/aromatic N) is 1. The van der Waals surface area contributed by atoms with E-state index in [1.807, 2.05) is 6.92 Å². The summed E-state index contributed by atoms with van der Waals surface area (Å²) in [6.45, 7) is 8.14. The SMILES string of the molecule is CCc1nc(C(C)(C)C)ccc1F. The van der Waals surface area contributed by atoms with Gasteiger partial charge in [-0.2, -0.15) is 0 Å². The Morgan fingerprint density at radius 2 is 1.92 bits per heavy atom. The molecule has 0 N–H and O–H groups in total. The molecule has 0 aliphatic rings. The molecular weight excluding hydrogens is 165 g/mol. The second-order valence-electron chi connectivity index (χ2n) is 4.23. The van der Waals surface area contributed by atoms with Gasteiger partial charge in [-0.25, -0.2) is 4.39 Å². The molecule has 1 aromatic heterocycles. The molecule has 0 bridgehead atoms. The smallest absolute Gasteiger partial charge is 0.144 e. The van der Waals surface area contributed by atoms with E-state index in [1.165, 1.54) is 6.07 Å². The van der Waals surface area contributed by atoms with Gasteiger partial charge in [0.15, 0.2) is 0 Å². The van der Waals surface area contributed by atoms with Crippen LogP contribution in [0.25, 0.3) is 0 Å². The van der Waals surface area contributed by atoms with Crippen molar-refractivity contribution >= 4 is 0 Å². The summed E-state index contributed by atoms with van der Waals surface area (Å²) in [5.74, 6) is -0.199. The molecule has 2 heteroatoms. The highest BCUT2D eigenvalue weighted by molar-refractivity contribution is 5.18. The van der Waals surface area contributed by atoms with Crippen LogP contribution in [0.2, 0.25) is 0 Å². The molecule has 0 atom stereocenters. The molecule has 1 heterocycles. The number of hydrogen-bond donors (Lipinski definition) is 0. The third-order valence-electron chi connectivity index (χ3n) is 2.02. The highest BCUT2D eigenvalue weighted by atomic mass is 19.1. The lowest BCUT2D eigenvalue weighted by Gasteiger charge is -2.18. The lowest BCUT2D eigenvalue weighted by atomic mass is 9.91. The number of aromatic nitrogens is 1. The van der Waals surface area contributed by atoms with Gasteiger partial charge in [-0.05, 0) is 18.6 Å². The van der Waals surface area contributed by atoms with Crippen molar-refractivity contribution in [1.82, 2.24) is 4.98 Å². The van der Waals surface area contributed by atoms with E-state index in [0.717, 1.165) is 5.69 Å². The van der Waals surface area contributed by atoms with Gasteiger partial charge in [0, 0.05) is 11.1 Å². The molecular formula is C11H16FN. The van der Waals surface area contributed by atoms with E-state index >= 15 is 0 Å². The van der Waals surface area contributed by atoms with Crippen LogP contribution in [0.5, 0.6) is 0 Å². The van der Waals surface area contributed by atoms with Gasteiger partial charge in [0.25, 0.3) is 0 Å².